The lowest BCUT2D eigenvalue weighted by molar-refractivity contribution is -0.130. The second-order valence-electron chi connectivity index (χ2n) is 5.00. The van der Waals surface area contributed by atoms with Crippen molar-refractivity contribution in [2.45, 2.75) is 26.0 Å². The number of nitrogens with zero attached hydrogens (tertiary/aromatic N) is 2. The summed E-state index contributed by atoms with van der Waals surface area (Å²) in [6, 6.07) is 5.03. The number of carbonyl (C=O) groups is 1. The highest BCUT2D eigenvalue weighted by molar-refractivity contribution is 5.80. The first-order valence-corrected chi connectivity index (χ1v) is 6.70. The van der Waals surface area contributed by atoms with Gasteiger partial charge < -0.3 is 14.4 Å². The Morgan fingerprint density at radius 1 is 1.30 bits per heavy atom. The van der Waals surface area contributed by atoms with Gasteiger partial charge in [0.25, 0.3) is 0 Å². The van der Waals surface area contributed by atoms with Crippen molar-refractivity contribution < 1.29 is 14.3 Å². The molecular formula is C14H16N2O4. The van der Waals surface area contributed by atoms with Crippen molar-refractivity contribution in [1.29, 1.82) is 0 Å². The van der Waals surface area contributed by atoms with Crippen molar-refractivity contribution in [2.24, 2.45) is 0 Å². The maximum Gasteiger partial charge on any atom is 0.420 e. The number of benzene rings is 1. The molecule has 1 aliphatic heterocycles. The summed E-state index contributed by atoms with van der Waals surface area (Å²) in [4.78, 5) is 25.7. The van der Waals surface area contributed by atoms with Gasteiger partial charge in [0.15, 0.2) is 5.58 Å². The lowest BCUT2D eigenvalue weighted by Gasteiger charge is -2.14. The molecule has 1 aromatic heterocycles. The Kier molecular flexibility index (Phi) is 3.31. The fourth-order valence-electron chi connectivity index (χ4n) is 2.56. The topological polar surface area (TPSA) is 75.7 Å². The number of hydrogen-bond acceptors (Lipinski definition) is 4. The van der Waals surface area contributed by atoms with Crippen LogP contribution in [0, 0.1) is 0 Å². The highest BCUT2D eigenvalue weighted by Gasteiger charge is 2.20. The van der Waals surface area contributed by atoms with Crippen LogP contribution in [0.15, 0.2) is 27.4 Å². The molecule has 0 radical (unpaired) electrons. The molecule has 20 heavy (non-hydrogen) atoms. The lowest BCUT2D eigenvalue weighted by Crippen LogP contribution is -2.33. The Hall–Kier alpha value is -2.08. The summed E-state index contributed by atoms with van der Waals surface area (Å²) < 4.78 is 6.48. The summed E-state index contributed by atoms with van der Waals surface area (Å²) in [5, 5.41) is 9.07. The van der Waals surface area contributed by atoms with Crippen LogP contribution < -0.4 is 5.76 Å². The predicted molar refractivity (Wildman–Crippen MR) is 72.2 cm³/mol. The third-order valence-electron chi connectivity index (χ3n) is 3.67. The largest absolute Gasteiger partial charge is 0.420 e. The third-order valence-corrected chi connectivity index (χ3v) is 3.67. The highest BCUT2D eigenvalue weighted by Crippen LogP contribution is 2.16. The van der Waals surface area contributed by atoms with Crippen molar-refractivity contribution in [1.82, 2.24) is 9.47 Å². The molecule has 1 amide bonds. The zero-order valence-corrected chi connectivity index (χ0v) is 11.0. The standard InChI is InChI=1S/C14H16N2O4/c17-9-10-3-4-11-12(7-10)20-14(19)16(11)8-13(18)15-5-1-2-6-15/h3-4,7,17H,1-2,5-6,8-9H2. The Labute approximate surface area is 115 Å². The number of aliphatic hydroxyl groups is 1. The van der Waals surface area contributed by atoms with Gasteiger partial charge in [0, 0.05) is 13.1 Å². The van der Waals surface area contributed by atoms with Crippen molar-refractivity contribution in [3.8, 4) is 0 Å². The van der Waals surface area contributed by atoms with E-state index in [9.17, 15) is 9.59 Å². The molecule has 0 spiro atoms. The molecule has 6 nitrogen and oxygen atoms in total. The number of amides is 1. The van der Waals surface area contributed by atoms with E-state index < -0.39 is 5.76 Å². The van der Waals surface area contributed by atoms with Crippen LogP contribution in [-0.4, -0.2) is 33.6 Å². The van der Waals surface area contributed by atoms with Crippen molar-refractivity contribution in [3.63, 3.8) is 0 Å². The minimum Gasteiger partial charge on any atom is -0.408 e. The SMILES string of the molecule is O=C(Cn1c(=O)oc2cc(CO)ccc21)N1CCCC1. The van der Waals surface area contributed by atoms with E-state index >= 15 is 0 Å². The minimum absolute atomic E-state index is 0.00427. The molecule has 0 unspecified atom stereocenters. The number of hydrogen-bond donors (Lipinski definition) is 1. The molecule has 0 aliphatic carbocycles. The number of rotatable bonds is 3. The van der Waals surface area contributed by atoms with E-state index in [0.717, 1.165) is 25.9 Å². The molecule has 1 aliphatic rings. The van der Waals surface area contributed by atoms with E-state index in [1.807, 2.05) is 0 Å². The van der Waals surface area contributed by atoms with Gasteiger partial charge in [-0.15, -0.1) is 0 Å². The van der Waals surface area contributed by atoms with Crippen LogP contribution in [-0.2, 0) is 17.9 Å². The van der Waals surface area contributed by atoms with E-state index in [2.05, 4.69) is 0 Å². The average Bonchev–Trinajstić information content (AvgIpc) is 3.07. The molecule has 6 heteroatoms. The molecule has 3 rings (SSSR count). The van der Waals surface area contributed by atoms with E-state index in [1.165, 1.54) is 4.57 Å². The van der Waals surface area contributed by atoms with Gasteiger partial charge >= 0.3 is 5.76 Å². The quantitative estimate of drug-likeness (QED) is 0.895. The fraction of sp³-hybridized carbons (Fsp3) is 0.429. The molecule has 2 aromatic rings. The normalized spacial score (nSPS) is 15.2. The molecule has 1 saturated heterocycles. The molecule has 106 valence electrons. The molecule has 2 heterocycles. The van der Waals surface area contributed by atoms with Crippen LogP contribution in [0.25, 0.3) is 11.1 Å². The minimum atomic E-state index is -0.539. The van der Waals surface area contributed by atoms with E-state index in [4.69, 9.17) is 9.52 Å². The summed E-state index contributed by atoms with van der Waals surface area (Å²) in [7, 11) is 0. The zero-order chi connectivity index (χ0) is 14.1. The Morgan fingerprint density at radius 3 is 2.75 bits per heavy atom. The fourth-order valence-corrected chi connectivity index (χ4v) is 2.56. The summed E-state index contributed by atoms with van der Waals surface area (Å²) in [5.41, 5.74) is 1.65. The molecule has 0 atom stereocenters. The molecule has 1 N–H and O–H groups in total. The Bertz CT molecular complexity index is 695. The number of fused-ring (bicyclic) bond motifs is 1. The van der Waals surface area contributed by atoms with Crippen LogP contribution in [0.1, 0.15) is 18.4 Å². The molecular weight excluding hydrogens is 260 g/mol. The molecule has 0 saturated carbocycles. The van der Waals surface area contributed by atoms with Gasteiger partial charge in [-0.05, 0) is 30.5 Å². The van der Waals surface area contributed by atoms with Gasteiger partial charge in [-0.3, -0.25) is 9.36 Å². The maximum absolute atomic E-state index is 12.1. The number of carbonyl (C=O) groups excluding carboxylic acids is 1. The first-order chi connectivity index (χ1) is 9.69. The van der Waals surface area contributed by atoms with Crippen LogP contribution in [0.2, 0.25) is 0 Å². The van der Waals surface area contributed by atoms with Crippen molar-refractivity contribution >= 4 is 17.0 Å². The summed E-state index contributed by atoms with van der Waals surface area (Å²) >= 11 is 0. The van der Waals surface area contributed by atoms with Crippen LogP contribution in [0.4, 0.5) is 0 Å². The van der Waals surface area contributed by atoms with E-state index in [0.29, 0.717) is 16.7 Å². The number of oxazole rings is 1. The second-order valence-corrected chi connectivity index (χ2v) is 5.00. The van der Waals surface area contributed by atoms with Crippen LogP contribution in [0.5, 0.6) is 0 Å². The Balaban J connectivity index is 1.92. The Morgan fingerprint density at radius 2 is 2.05 bits per heavy atom. The summed E-state index contributed by atoms with van der Waals surface area (Å²) in [6.07, 6.45) is 2.04. The number of aromatic nitrogens is 1. The van der Waals surface area contributed by atoms with Gasteiger partial charge in [-0.25, -0.2) is 4.79 Å². The van der Waals surface area contributed by atoms with Crippen molar-refractivity contribution in [2.75, 3.05) is 13.1 Å². The molecule has 1 aromatic carbocycles. The van der Waals surface area contributed by atoms with Gasteiger partial charge in [0.05, 0.1) is 12.1 Å². The predicted octanol–water partition coefficient (Wildman–Crippen LogP) is 0.709. The second kappa shape index (κ2) is 5.13. The van der Waals surface area contributed by atoms with Gasteiger partial charge in [0.2, 0.25) is 5.91 Å². The van der Waals surface area contributed by atoms with E-state index in [1.54, 1.807) is 23.1 Å². The third kappa shape index (κ3) is 2.22. The highest BCUT2D eigenvalue weighted by atomic mass is 16.4. The summed E-state index contributed by atoms with van der Waals surface area (Å²) in [6.45, 7) is 1.41. The van der Waals surface area contributed by atoms with Crippen LogP contribution in [0.3, 0.4) is 0 Å². The zero-order valence-electron chi connectivity index (χ0n) is 11.0. The number of aliphatic hydroxyl groups excluding tert-OH is 1. The molecule has 1 fully saturated rings. The summed E-state index contributed by atoms with van der Waals surface area (Å²) in [5.74, 6) is -0.596. The molecule has 0 bridgehead atoms. The maximum atomic E-state index is 12.1. The average molecular weight is 276 g/mol. The van der Waals surface area contributed by atoms with Crippen LogP contribution >= 0.6 is 0 Å². The first kappa shape index (κ1) is 12.9. The smallest absolute Gasteiger partial charge is 0.408 e. The van der Waals surface area contributed by atoms with Crippen molar-refractivity contribution in [3.05, 3.63) is 34.3 Å². The van der Waals surface area contributed by atoms with Gasteiger partial charge in [0.1, 0.15) is 6.54 Å². The first-order valence-electron chi connectivity index (χ1n) is 6.70. The lowest BCUT2D eigenvalue weighted by atomic mass is 10.2. The van der Waals surface area contributed by atoms with Gasteiger partial charge in [-0.1, -0.05) is 6.07 Å². The monoisotopic (exact) mass is 276 g/mol. The van der Waals surface area contributed by atoms with Gasteiger partial charge in [-0.2, -0.15) is 0 Å². The van der Waals surface area contributed by atoms with E-state index in [-0.39, 0.29) is 19.1 Å². The number of likely N-dealkylation sites (tertiary alicyclic amines) is 1.